The van der Waals surface area contributed by atoms with Crippen molar-refractivity contribution in [3.05, 3.63) is 35.6 Å². The van der Waals surface area contributed by atoms with Crippen LogP contribution in [-0.2, 0) is 0 Å². The maximum absolute atomic E-state index is 12.6. The maximum Gasteiger partial charge on any atom is 0.251 e. The van der Waals surface area contributed by atoms with Crippen LogP contribution in [-0.4, -0.2) is 25.5 Å². The predicted octanol–water partition coefficient (Wildman–Crippen LogP) is 1.59. The molecule has 1 heterocycles. The van der Waals surface area contributed by atoms with Crippen LogP contribution >= 0.6 is 12.4 Å². The van der Waals surface area contributed by atoms with Crippen molar-refractivity contribution in [1.82, 2.24) is 10.6 Å². The smallest absolute Gasteiger partial charge is 0.251 e. The molecule has 0 saturated carbocycles. The fraction of sp³-hybridized carbons (Fsp3) is 0.417. The number of carbonyl (C=O) groups excluding carboxylic acids is 1. The number of carbonyl (C=O) groups is 1. The molecule has 0 aromatic heterocycles. The standard InChI is InChI=1S/C12H15FN2O.ClH/c13-11-3-1-10(2-4-11)12(16)15-8-9-5-6-14-7-9;/h1-4,9,14H,5-8H2,(H,15,16);1H. The van der Waals surface area contributed by atoms with Crippen LogP contribution in [0.5, 0.6) is 0 Å². The largest absolute Gasteiger partial charge is 0.352 e. The van der Waals surface area contributed by atoms with E-state index in [-0.39, 0.29) is 24.1 Å². The molecule has 17 heavy (non-hydrogen) atoms. The monoisotopic (exact) mass is 258 g/mol. The number of rotatable bonds is 3. The second-order valence-corrected chi connectivity index (χ2v) is 4.08. The van der Waals surface area contributed by atoms with Crippen LogP contribution in [0.3, 0.4) is 0 Å². The van der Waals surface area contributed by atoms with Gasteiger partial charge in [0.2, 0.25) is 0 Å². The van der Waals surface area contributed by atoms with E-state index in [1.54, 1.807) is 0 Å². The molecule has 1 aromatic rings. The summed E-state index contributed by atoms with van der Waals surface area (Å²) in [5.41, 5.74) is 0.507. The molecule has 0 bridgehead atoms. The highest BCUT2D eigenvalue weighted by Crippen LogP contribution is 2.07. The molecule has 1 fully saturated rings. The van der Waals surface area contributed by atoms with Gasteiger partial charge in [0.25, 0.3) is 5.91 Å². The first-order valence-electron chi connectivity index (χ1n) is 5.50. The molecule has 0 spiro atoms. The van der Waals surface area contributed by atoms with E-state index in [9.17, 15) is 9.18 Å². The fourth-order valence-corrected chi connectivity index (χ4v) is 1.83. The Morgan fingerprint density at radius 2 is 2.12 bits per heavy atom. The zero-order valence-electron chi connectivity index (χ0n) is 9.41. The maximum atomic E-state index is 12.6. The summed E-state index contributed by atoms with van der Waals surface area (Å²) in [6.07, 6.45) is 1.10. The molecule has 5 heteroatoms. The zero-order valence-corrected chi connectivity index (χ0v) is 10.2. The molecule has 2 rings (SSSR count). The first kappa shape index (κ1) is 13.9. The van der Waals surface area contributed by atoms with Crippen molar-refractivity contribution in [1.29, 1.82) is 0 Å². The molecule has 1 aliphatic heterocycles. The SMILES string of the molecule is Cl.O=C(NCC1CCNC1)c1ccc(F)cc1. The van der Waals surface area contributed by atoms with Gasteiger partial charge >= 0.3 is 0 Å². The molecule has 0 aliphatic carbocycles. The second-order valence-electron chi connectivity index (χ2n) is 4.08. The van der Waals surface area contributed by atoms with Crippen LogP contribution in [0, 0.1) is 11.7 Å². The normalized spacial score (nSPS) is 18.5. The van der Waals surface area contributed by atoms with Gasteiger partial charge in [0.1, 0.15) is 5.82 Å². The first-order valence-corrected chi connectivity index (χ1v) is 5.50. The summed E-state index contributed by atoms with van der Waals surface area (Å²) in [7, 11) is 0. The molecule has 1 aliphatic rings. The van der Waals surface area contributed by atoms with Gasteiger partial charge in [-0.05, 0) is 49.7 Å². The van der Waals surface area contributed by atoms with E-state index in [2.05, 4.69) is 10.6 Å². The van der Waals surface area contributed by atoms with Gasteiger partial charge in [0.15, 0.2) is 0 Å². The Bertz CT molecular complexity index is 363. The van der Waals surface area contributed by atoms with Crippen LogP contribution < -0.4 is 10.6 Å². The molecule has 1 amide bonds. The summed E-state index contributed by atoms with van der Waals surface area (Å²) in [6.45, 7) is 2.67. The lowest BCUT2D eigenvalue weighted by atomic mass is 10.1. The van der Waals surface area contributed by atoms with Crippen LogP contribution in [0.4, 0.5) is 4.39 Å². The van der Waals surface area contributed by atoms with Crippen molar-refractivity contribution in [3.63, 3.8) is 0 Å². The molecule has 1 aromatic carbocycles. The third-order valence-corrected chi connectivity index (χ3v) is 2.82. The highest BCUT2D eigenvalue weighted by molar-refractivity contribution is 5.94. The van der Waals surface area contributed by atoms with Crippen LogP contribution in [0.2, 0.25) is 0 Å². The molecule has 94 valence electrons. The summed E-state index contributed by atoms with van der Waals surface area (Å²) in [5.74, 6) is 0.0628. The van der Waals surface area contributed by atoms with Crippen molar-refractivity contribution in [2.24, 2.45) is 5.92 Å². The van der Waals surface area contributed by atoms with E-state index >= 15 is 0 Å². The summed E-state index contributed by atoms with van der Waals surface area (Å²) < 4.78 is 12.6. The van der Waals surface area contributed by atoms with Crippen molar-refractivity contribution < 1.29 is 9.18 Å². The number of hydrogen-bond donors (Lipinski definition) is 2. The van der Waals surface area contributed by atoms with Crippen molar-refractivity contribution in [2.45, 2.75) is 6.42 Å². The Kier molecular flexibility index (Phi) is 5.38. The molecule has 3 nitrogen and oxygen atoms in total. The number of halogens is 2. The fourth-order valence-electron chi connectivity index (χ4n) is 1.83. The molecule has 1 atom stereocenters. The van der Waals surface area contributed by atoms with E-state index in [1.165, 1.54) is 24.3 Å². The van der Waals surface area contributed by atoms with Gasteiger partial charge in [0.05, 0.1) is 0 Å². The van der Waals surface area contributed by atoms with E-state index in [0.717, 1.165) is 19.5 Å². The van der Waals surface area contributed by atoms with Crippen molar-refractivity contribution >= 4 is 18.3 Å². The number of nitrogens with one attached hydrogen (secondary N) is 2. The summed E-state index contributed by atoms with van der Waals surface area (Å²) in [6, 6.07) is 5.59. The molecular weight excluding hydrogens is 243 g/mol. The summed E-state index contributed by atoms with van der Waals surface area (Å²) >= 11 is 0. The first-order chi connectivity index (χ1) is 7.75. The van der Waals surface area contributed by atoms with Gasteiger partial charge in [-0.3, -0.25) is 4.79 Å². The topological polar surface area (TPSA) is 41.1 Å². The molecule has 2 N–H and O–H groups in total. The number of amides is 1. The average Bonchev–Trinajstić information content (AvgIpc) is 2.80. The zero-order chi connectivity index (χ0) is 11.4. The van der Waals surface area contributed by atoms with E-state index < -0.39 is 0 Å². The van der Waals surface area contributed by atoms with Crippen molar-refractivity contribution in [2.75, 3.05) is 19.6 Å². The van der Waals surface area contributed by atoms with Gasteiger partial charge in [-0.2, -0.15) is 0 Å². The lowest BCUT2D eigenvalue weighted by Gasteiger charge is -2.09. The lowest BCUT2D eigenvalue weighted by molar-refractivity contribution is 0.0948. The Morgan fingerprint density at radius 1 is 1.41 bits per heavy atom. The lowest BCUT2D eigenvalue weighted by Crippen LogP contribution is -2.30. The Labute approximate surface area is 106 Å². The Morgan fingerprint density at radius 3 is 2.71 bits per heavy atom. The summed E-state index contributed by atoms with van der Waals surface area (Å²) in [5, 5.41) is 6.10. The van der Waals surface area contributed by atoms with Gasteiger partial charge in [-0.15, -0.1) is 12.4 Å². The summed E-state index contributed by atoms with van der Waals surface area (Å²) in [4.78, 5) is 11.7. The average molecular weight is 259 g/mol. The van der Waals surface area contributed by atoms with E-state index in [0.29, 0.717) is 18.0 Å². The minimum atomic E-state index is -0.323. The van der Waals surface area contributed by atoms with E-state index in [4.69, 9.17) is 0 Å². The molecule has 0 radical (unpaired) electrons. The van der Waals surface area contributed by atoms with Crippen LogP contribution in [0.15, 0.2) is 24.3 Å². The van der Waals surface area contributed by atoms with Gasteiger partial charge < -0.3 is 10.6 Å². The van der Waals surface area contributed by atoms with Crippen LogP contribution in [0.1, 0.15) is 16.8 Å². The second kappa shape index (κ2) is 6.57. The van der Waals surface area contributed by atoms with Crippen LogP contribution in [0.25, 0.3) is 0 Å². The minimum absolute atomic E-state index is 0. The number of benzene rings is 1. The van der Waals surface area contributed by atoms with Gasteiger partial charge in [0, 0.05) is 12.1 Å². The third kappa shape index (κ3) is 3.98. The quantitative estimate of drug-likeness (QED) is 0.865. The third-order valence-electron chi connectivity index (χ3n) is 2.82. The highest BCUT2D eigenvalue weighted by atomic mass is 35.5. The predicted molar refractivity (Wildman–Crippen MR) is 67.0 cm³/mol. The Balaban J connectivity index is 0.00000144. The minimum Gasteiger partial charge on any atom is -0.352 e. The number of hydrogen-bond acceptors (Lipinski definition) is 2. The van der Waals surface area contributed by atoms with E-state index in [1.807, 2.05) is 0 Å². The molecule has 1 unspecified atom stereocenters. The highest BCUT2D eigenvalue weighted by Gasteiger charge is 2.15. The molecular formula is C12H16ClFN2O. The van der Waals surface area contributed by atoms with Crippen molar-refractivity contribution in [3.8, 4) is 0 Å². The molecule has 1 saturated heterocycles. The van der Waals surface area contributed by atoms with Gasteiger partial charge in [-0.25, -0.2) is 4.39 Å². The van der Waals surface area contributed by atoms with Gasteiger partial charge in [-0.1, -0.05) is 0 Å². The Hall–Kier alpha value is -1.13.